The predicted octanol–water partition coefficient (Wildman–Crippen LogP) is 1.54. The number of rotatable bonds is 4. The fraction of sp³-hybridized carbons (Fsp3) is 0.167. The molecule has 0 fully saturated rings. The molecular weight excluding hydrogens is 260 g/mol. The molecule has 0 bridgehead atoms. The maximum absolute atomic E-state index is 5.84. The van der Waals surface area contributed by atoms with Crippen molar-refractivity contribution in [1.29, 1.82) is 0 Å². The number of thioether (sulfide) groups is 1. The van der Waals surface area contributed by atoms with Crippen molar-refractivity contribution in [2.24, 2.45) is 5.73 Å². The number of pyridine rings is 1. The Morgan fingerprint density at radius 1 is 1.21 bits per heavy atom. The van der Waals surface area contributed by atoms with Crippen LogP contribution in [0.4, 0.5) is 0 Å². The third-order valence-corrected chi connectivity index (χ3v) is 3.93. The van der Waals surface area contributed by atoms with Crippen LogP contribution in [0.5, 0.6) is 0 Å². The van der Waals surface area contributed by atoms with Crippen molar-refractivity contribution in [3.8, 4) is 0 Å². The maximum Gasteiger partial charge on any atom is 0.181 e. The Bertz CT molecular complexity index is 668. The van der Waals surface area contributed by atoms with E-state index < -0.39 is 0 Å². The second-order valence-electron chi connectivity index (χ2n) is 3.88. The van der Waals surface area contributed by atoms with Crippen LogP contribution >= 0.6 is 11.8 Å². The van der Waals surface area contributed by atoms with Gasteiger partial charge in [-0.25, -0.2) is 15.0 Å². The van der Waals surface area contributed by atoms with E-state index in [4.69, 9.17) is 5.73 Å². The summed E-state index contributed by atoms with van der Waals surface area (Å²) in [6.07, 6.45) is 4.89. The van der Waals surface area contributed by atoms with Crippen LogP contribution in [0.15, 0.2) is 42.1 Å². The molecule has 0 radical (unpaired) electrons. The van der Waals surface area contributed by atoms with Gasteiger partial charge in [-0.2, -0.15) is 0 Å². The lowest BCUT2D eigenvalue weighted by molar-refractivity contribution is 0.894. The summed E-state index contributed by atoms with van der Waals surface area (Å²) in [5.74, 6) is 0. The molecule has 1 unspecified atom stereocenters. The first-order valence-corrected chi connectivity index (χ1v) is 6.68. The lowest BCUT2D eigenvalue weighted by atomic mass is 10.3. The van der Waals surface area contributed by atoms with Gasteiger partial charge in [0.1, 0.15) is 16.9 Å². The van der Waals surface area contributed by atoms with Crippen LogP contribution in [0.3, 0.4) is 0 Å². The number of imidazole rings is 1. The number of nitrogens with one attached hydrogen (secondary N) is 1. The largest absolute Gasteiger partial charge is 0.341 e. The summed E-state index contributed by atoms with van der Waals surface area (Å²) in [5.41, 5.74) is 8.28. The highest BCUT2D eigenvalue weighted by atomic mass is 32.2. The second-order valence-corrected chi connectivity index (χ2v) is 5.07. The first kappa shape index (κ1) is 12.1. The van der Waals surface area contributed by atoms with Crippen LogP contribution in [-0.4, -0.2) is 31.5 Å². The zero-order valence-corrected chi connectivity index (χ0v) is 10.8. The molecule has 3 aromatic rings. The first-order valence-electron chi connectivity index (χ1n) is 5.80. The fourth-order valence-electron chi connectivity index (χ4n) is 1.76. The molecule has 0 spiro atoms. The molecule has 0 aliphatic heterocycles. The van der Waals surface area contributed by atoms with E-state index in [2.05, 4.69) is 24.9 Å². The minimum atomic E-state index is 0.0580. The average molecular weight is 272 g/mol. The molecule has 0 saturated heterocycles. The number of H-pyrrole nitrogens is 1. The average Bonchev–Trinajstić information content (AvgIpc) is 2.95. The van der Waals surface area contributed by atoms with E-state index in [1.54, 1.807) is 24.3 Å². The zero-order chi connectivity index (χ0) is 13.1. The van der Waals surface area contributed by atoms with Crippen molar-refractivity contribution >= 4 is 22.9 Å². The number of hydrogen-bond donors (Lipinski definition) is 2. The summed E-state index contributed by atoms with van der Waals surface area (Å²) >= 11 is 1.57. The Hall–Kier alpha value is -1.99. The Morgan fingerprint density at radius 2 is 2.16 bits per heavy atom. The van der Waals surface area contributed by atoms with Gasteiger partial charge < -0.3 is 10.7 Å². The molecule has 3 aromatic heterocycles. The van der Waals surface area contributed by atoms with Gasteiger partial charge in [-0.15, -0.1) is 0 Å². The van der Waals surface area contributed by atoms with Crippen LogP contribution in [0.25, 0.3) is 11.2 Å². The standard InChI is InChI=1S/C12H12N6S/c13-5-9(8-3-1-2-4-14-8)19-12-10-11(16-6-15-10)17-7-18-12/h1-4,6-7,9H,5,13H2,(H,15,16,17,18). The van der Waals surface area contributed by atoms with Crippen LogP contribution < -0.4 is 5.73 Å². The summed E-state index contributed by atoms with van der Waals surface area (Å²) in [7, 11) is 0. The molecule has 3 heterocycles. The van der Waals surface area contributed by atoms with E-state index >= 15 is 0 Å². The molecule has 1 atom stereocenters. The van der Waals surface area contributed by atoms with Gasteiger partial charge in [0.2, 0.25) is 0 Å². The van der Waals surface area contributed by atoms with Gasteiger partial charge in [0.25, 0.3) is 0 Å². The van der Waals surface area contributed by atoms with Crippen LogP contribution in [0.2, 0.25) is 0 Å². The number of nitrogens with zero attached hydrogens (tertiary/aromatic N) is 4. The maximum atomic E-state index is 5.84. The molecule has 0 aliphatic rings. The van der Waals surface area contributed by atoms with Gasteiger partial charge in [-0.05, 0) is 12.1 Å². The van der Waals surface area contributed by atoms with Crippen molar-refractivity contribution in [3.05, 3.63) is 42.7 Å². The number of nitrogens with two attached hydrogens (primary N) is 1. The van der Waals surface area contributed by atoms with Crippen molar-refractivity contribution in [2.75, 3.05) is 6.54 Å². The SMILES string of the molecule is NCC(Sc1ncnc2nc[nH]c12)c1ccccn1. The number of hydrogen-bond acceptors (Lipinski definition) is 6. The molecule has 7 heteroatoms. The van der Waals surface area contributed by atoms with E-state index in [-0.39, 0.29) is 5.25 Å². The smallest absolute Gasteiger partial charge is 0.181 e. The summed E-state index contributed by atoms with van der Waals surface area (Å²) in [5, 5.41) is 0.895. The van der Waals surface area contributed by atoms with Crippen molar-refractivity contribution in [1.82, 2.24) is 24.9 Å². The first-order chi connectivity index (χ1) is 9.38. The molecule has 6 nitrogen and oxygen atoms in total. The van der Waals surface area contributed by atoms with Gasteiger partial charge in [-0.1, -0.05) is 17.8 Å². The third kappa shape index (κ3) is 2.42. The van der Waals surface area contributed by atoms with Crippen LogP contribution in [0.1, 0.15) is 10.9 Å². The molecule has 3 rings (SSSR count). The van der Waals surface area contributed by atoms with E-state index in [1.807, 2.05) is 18.2 Å². The number of fused-ring (bicyclic) bond motifs is 1. The highest BCUT2D eigenvalue weighted by molar-refractivity contribution is 7.99. The van der Waals surface area contributed by atoms with E-state index in [9.17, 15) is 0 Å². The quantitative estimate of drug-likeness (QED) is 0.552. The van der Waals surface area contributed by atoms with Gasteiger partial charge in [0, 0.05) is 12.7 Å². The van der Waals surface area contributed by atoms with E-state index in [0.29, 0.717) is 12.2 Å². The molecule has 0 aliphatic carbocycles. The summed E-state index contributed by atoms with van der Waals surface area (Å²) in [6, 6.07) is 5.81. The number of aromatic amines is 1. The highest BCUT2D eigenvalue weighted by Gasteiger charge is 2.16. The number of aromatic nitrogens is 5. The Balaban J connectivity index is 1.93. The lowest BCUT2D eigenvalue weighted by Crippen LogP contribution is -2.11. The molecule has 96 valence electrons. The van der Waals surface area contributed by atoms with Gasteiger partial charge in [-0.3, -0.25) is 4.98 Å². The molecule has 0 amide bonds. The Morgan fingerprint density at radius 3 is 2.95 bits per heavy atom. The Kier molecular flexibility index (Phi) is 3.39. The molecular formula is C12H12N6S. The summed E-state index contributed by atoms with van der Waals surface area (Å²) in [4.78, 5) is 19.9. The van der Waals surface area contributed by atoms with E-state index in [1.165, 1.54) is 6.33 Å². The highest BCUT2D eigenvalue weighted by Crippen LogP contribution is 2.34. The van der Waals surface area contributed by atoms with Crippen LogP contribution in [-0.2, 0) is 0 Å². The second kappa shape index (κ2) is 5.33. The third-order valence-electron chi connectivity index (χ3n) is 2.67. The van der Waals surface area contributed by atoms with Crippen molar-refractivity contribution in [2.45, 2.75) is 10.3 Å². The normalized spacial score (nSPS) is 12.7. The fourth-order valence-corrected chi connectivity index (χ4v) is 2.76. The van der Waals surface area contributed by atoms with Gasteiger partial charge >= 0.3 is 0 Å². The summed E-state index contributed by atoms with van der Waals surface area (Å²) in [6.45, 7) is 0.487. The zero-order valence-electron chi connectivity index (χ0n) is 10.0. The van der Waals surface area contributed by atoms with Gasteiger partial charge in [0.05, 0.1) is 17.3 Å². The molecule has 19 heavy (non-hydrogen) atoms. The van der Waals surface area contributed by atoms with Crippen LogP contribution in [0, 0.1) is 0 Å². The predicted molar refractivity (Wildman–Crippen MR) is 73.6 cm³/mol. The minimum Gasteiger partial charge on any atom is -0.341 e. The lowest BCUT2D eigenvalue weighted by Gasteiger charge is -2.13. The van der Waals surface area contributed by atoms with Crippen molar-refractivity contribution < 1.29 is 0 Å². The monoisotopic (exact) mass is 272 g/mol. The van der Waals surface area contributed by atoms with Crippen molar-refractivity contribution in [3.63, 3.8) is 0 Å². The molecule has 0 aromatic carbocycles. The minimum absolute atomic E-state index is 0.0580. The summed E-state index contributed by atoms with van der Waals surface area (Å²) < 4.78 is 0. The Labute approximate surface area is 113 Å². The van der Waals surface area contributed by atoms with Gasteiger partial charge in [0.15, 0.2) is 5.65 Å². The topological polar surface area (TPSA) is 93.4 Å². The van der Waals surface area contributed by atoms with E-state index in [0.717, 1.165) is 16.2 Å². The molecule has 0 saturated carbocycles. The molecule has 3 N–H and O–H groups in total.